The zero-order valence-corrected chi connectivity index (χ0v) is 16.7. The van der Waals surface area contributed by atoms with Gasteiger partial charge in [0.2, 0.25) is 11.8 Å². The zero-order valence-electron chi connectivity index (χ0n) is 15.9. The van der Waals surface area contributed by atoms with E-state index in [0.29, 0.717) is 42.0 Å². The van der Waals surface area contributed by atoms with Crippen molar-refractivity contribution in [3.63, 3.8) is 0 Å². The van der Waals surface area contributed by atoms with E-state index in [2.05, 4.69) is 5.32 Å². The molecule has 2 aromatic rings. The first kappa shape index (κ1) is 19.4. The molecule has 0 saturated carbocycles. The number of amides is 2. The van der Waals surface area contributed by atoms with E-state index in [1.54, 1.807) is 40.9 Å². The highest BCUT2D eigenvalue weighted by molar-refractivity contribution is 7.99. The molecule has 2 aliphatic rings. The molecule has 1 fully saturated rings. The summed E-state index contributed by atoms with van der Waals surface area (Å²) in [5, 5.41) is 2.91. The molecule has 1 atom stereocenters. The topological polar surface area (TPSA) is 67.9 Å². The molecule has 2 aliphatic heterocycles. The third-order valence-electron chi connectivity index (χ3n) is 4.70. The number of hydrogen-bond acceptors (Lipinski definition) is 5. The Hall–Kier alpha value is -2.93. The Bertz CT molecular complexity index is 916. The molecule has 7 heteroatoms. The van der Waals surface area contributed by atoms with Crippen molar-refractivity contribution in [1.29, 1.82) is 0 Å². The van der Waals surface area contributed by atoms with Crippen molar-refractivity contribution < 1.29 is 19.1 Å². The number of hydrogen-bond donors (Lipinski definition) is 1. The van der Waals surface area contributed by atoms with Crippen LogP contribution in [0.15, 0.2) is 54.6 Å². The zero-order chi connectivity index (χ0) is 20.1. The maximum atomic E-state index is 12.8. The lowest BCUT2D eigenvalue weighted by molar-refractivity contribution is -0.132. The molecule has 29 heavy (non-hydrogen) atoms. The molecule has 2 aromatic carbocycles. The van der Waals surface area contributed by atoms with Gasteiger partial charge in [-0.15, -0.1) is 11.8 Å². The Morgan fingerprint density at radius 1 is 1.07 bits per heavy atom. The fourth-order valence-corrected chi connectivity index (χ4v) is 4.33. The van der Waals surface area contributed by atoms with Crippen LogP contribution in [-0.4, -0.2) is 47.6 Å². The minimum Gasteiger partial charge on any atom is -0.490 e. The maximum Gasteiger partial charge on any atom is 0.248 e. The van der Waals surface area contributed by atoms with E-state index >= 15 is 0 Å². The van der Waals surface area contributed by atoms with Gasteiger partial charge in [0.1, 0.15) is 6.04 Å². The summed E-state index contributed by atoms with van der Waals surface area (Å²) in [6.45, 7) is 1.20. The van der Waals surface area contributed by atoms with Gasteiger partial charge < -0.3 is 19.7 Å². The van der Waals surface area contributed by atoms with Gasteiger partial charge in [-0.2, -0.15) is 0 Å². The van der Waals surface area contributed by atoms with Crippen LogP contribution in [-0.2, 0) is 9.59 Å². The molecular formula is C22H22N2O4S. The summed E-state index contributed by atoms with van der Waals surface area (Å²) in [5.74, 6) is 2.00. The number of carbonyl (C=O) groups excluding carboxylic acids is 2. The summed E-state index contributed by atoms with van der Waals surface area (Å²) in [6.07, 6.45) is 4.11. The quantitative estimate of drug-likeness (QED) is 0.783. The number of fused-ring (bicyclic) bond motifs is 1. The highest BCUT2D eigenvalue weighted by atomic mass is 32.2. The van der Waals surface area contributed by atoms with Crippen molar-refractivity contribution in [2.75, 3.05) is 30.2 Å². The molecule has 4 rings (SSSR count). The molecule has 1 N–H and O–H groups in total. The SMILES string of the molecule is O=C(Nc1ccc2c(c1)OCCCO2)C1CSCN1C(=O)/C=C/c1ccccc1. The van der Waals surface area contributed by atoms with Gasteiger partial charge in [-0.1, -0.05) is 30.3 Å². The van der Waals surface area contributed by atoms with Gasteiger partial charge in [0, 0.05) is 30.0 Å². The van der Waals surface area contributed by atoms with Crippen LogP contribution in [0.5, 0.6) is 11.5 Å². The van der Waals surface area contributed by atoms with E-state index in [1.165, 1.54) is 6.08 Å². The van der Waals surface area contributed by atoms with Crippen LogP contribution in [0.2, 0.25) is 0 Å². The third kappa shape index (κ3) is 4.74. The molecule has 0 aliphatic carbocycles. The standard InChI is InChI=1S/C22H22N2O4S/c25-21(10-7-16-5-2-1-3-6-16)24-15-29-14-18(24)22(26)23-17-8-9-19-20(13-17)28-12-4-11-27-19/h1-3,5-10,13,18H,4,11-12,14-15H2,(H,23,26)/b10-7+. The third-order valence-corrected chi connectivity index (χ3v) is 5.71. The minimum atomic E-state index is -0.510. The number of rotatable bonds is 4. The van der Waals surface area contributed by atoms with Crippen LogP contribution < -0.4 is 14.8 Å². The Kier molecular flexibility index (Phi) is 6.05. The molecule has 2 heterocycles. The lowest BCUT2D eigenvalue weighted by Gasteiger charge is -2.22. The van der Waals surface area contributed by atoms with Crippen LogP contribution in [0.25, 0.3) is 6.08 Å². The first-order valence-electron chi connectivity index (χ1n) is 9.53. The molecule has 1 saturated heterocycles. The van der Waals surface area contributed by atoms with E-state index in [1.807, 2.05) is 30.3 Å². The lowest BCUT2D eigenvalue weighted by Crippen LogP contribution is -2.43. The predicted molar refractivity (Wildman–Crippen MR) is 114 cm³/mol. The lowest BCUT2D eigenvalue weighted by atomic mass is 10.2. The number of benzene rings is 2. The minimum absolute atomic E-state index is 0.169. The van der Waals surface area contributed by atoms with Crippen molar-refractivity contribution in [3.8, 4) is 11.5 Å². The van der Waals surface area contributed by atoms with Gasteiger partial charge in [0.15, 0.2) is 11.5 Å². The highest BCUT2D eigenvalue weighted by Crippen LogP contribution is 2.32. The summed E-state index contributed by atoms with van der Waals surface area (Å²) < 4.78 is 11.3. The molecule has 0 bridgehead atoms. The van der Waals surface area contributed by atoms with Crippen LogP contribution in [0.4, 0.5) is 5.69 Å². The van der Waals surface area contributed by atoms with Crippen LogP contribution in [0.3, 0.4) is 0 Å². The Labute approximate surface area is 173 Å². The van der Waals surface area contributed by atoms with Gasteiger partial charge in [0.25, 0.3) is 0 Å². The average Bonchev–Trinajstić information content (AvgIpc) is 3.13. The number of carbonyl (C=O) groups is 2. The van der Waals surface area contributed by atoms with E-state index in [-0.39, 0.29) is 11.8 Å². The van der Waals surface area contributed by atoms with E-state index < -0.39 is 6.04 Å². The first-order chi connectivity index (χ1) is 14.2. The molecule has 0 radical (unpaired) electrons. The van der Waals surface area contributed by atoms with E-state index in [4.69, 9.17) is 9.47 Å². The van der Waals surface area contributed by atoms with Gasteiger partial charge in [-0.3, -0.25) is 9.59 Å². The molecule has 6 nitrogen and oxygen atoms in total. The summed E-state index contributed by atoms with van der Waals surface area (Å²) in [5.41, 5.74) is 1.57. The fraction of sp³-hybridized carbons (Fsp3) is 0.273. The van der Waals surface area contributed by atoms with E-state index in [0.717, 1.165) is 12.0 Å². The first-order valence-corrected chi connectivity index (χ1v) is 10.7. The second-order valence-corrected chi connectivity index (χ2v) is 7.77. The highest BCUT2D eigenvalue weighted by Gasteiger charge is 2.33. The molecule has 0 aromatic heterocycles. The number of anilines is 1. The van der Waals surface area contributed by atoms with Crippen LogP contribution in [0, 0.1) is 0 Å². The van der Waals surface area contributed by atoms with Crippen molar-refractivity contribution in [3.05, 3.63) is 60.2 Å². The molecule has 1 unspecified atom stereocenters. The number of nitrogens with zero attached hydrogens (tertiary/aromatic N) is 1. The predicted octanol–water partition coefficient (Wildman–Crippen LogP) is 3.40. The Morgan fingerprint density at radius 2 is 1.86 bits per heavy atom. The normalized spacial score (nSPS) is 18.5. The molecule has 2 amide bonds. The van der Waals surface area contributed by atoms with E-state index in [9.17, 15) is 9.59 Å². The van der Waals surface area contributed by atoms with Gasteiger partial charge in [-0.05, 0) is 23.8 Å². The van der Waals surface area contributed by atoms with Crippen molar-refractivity contribution in [2.45, 2.75) is 12.5 Å². The fourth-order valence-electron chi connectivity index (χ4n) is 3.17. The van der Waals surface area contributed by atoms with Crippen molar-refractivity contribution >= 4 is 35.3 Å². The summed E-state index contributed by atoms with van der Waals surface area (Å²) in [6, 6.07) is 14.5. The second kappa shape index (κ2) is 9.05. The van der Waals surface area contributed by atoms with Crippen LogP contribution >= 0.6 is 11.8 Å². The monoisotopic (exact) mass is 410 g/mol. The molecular weight excluding hydrogens is 388 g/mol. The largest absolute Gasteiger partial charge is 0.490 e. The number of thioether (sulfide) groups is 1. The van der Waals surface area contributed by atoms with Crippen molar-refractivity contribution in [2.24, 2.45) is 0 Å². The number of nitrogens with one attached hydrogen (secondary N) is 1. The Morgan fingerprint density at radius 3 is 2.69 bits per heavy atom. The smallest absolute Gasteiger partial charge is 0.248 e. The number of ether oxygens (including phenoxy) is 2. The van der Waals surface area contributed by atoms with Gasteiger partial charge in [0.05, 0.1) is 19.1 Å². The molecule has 0 spiro atoms. The summed E-state index contributed by atoms with van der Waals surface area (Å²) >= 11 is 1.57. The summed E-state index contributed by atoms with van der Waals surface area (Å²) in [7, 11) is 0. The Balaban J connectivity index is 1.42. The van der Waals surface area contributed by atoms with Gasteiger partial charge in [-0.25, -0.2) is 0 Å². The molecule has 150 valence electrons. The maximum absolute atomic E-state index is 12.8. The second-order valence-electron chi connectivity index (χ2n) is 6.77. The van der Waals surface area contributed by atoms with Crippen LogP contribution in [0.1, 0.15) is 12.0 Å². The van der Waals surface area contributed by atoms with Crippen molar-refractivity contribution in [1.82, 2.24) is 4.90 Å². The average molecular weight is 410 g/mol. The summed E-state index contributed by atoms with van der Waals surface area (Å²) in [4.78, 5) is 27.0. The van der Waals surface area contributed by atoms with Gasteiger partial charge >= 0.3 is 0 Å².